The van der Waals surface area contributed by atoms with Crippen molar-refractivity contribution in [1.82, 2.24) is 10.3 Å². The van der Waals surface area contributed by atoms with Crippen LogP contribution in [0.3, 0.4) is 0 Å². The Labute approximate surface area is 205 Å². The van der Waals surface area contributed by atoms with Gasteiger partial charge in [0.05, 0.1) is 11.1 Å². The van der Waals surface area contributed by atoms with Gasteiger partial charge in [0.2, 0.25) is 0 Å². The second-order valence-electron chi connectivity index (χ2n) is 8.50. The largest absolute Gasteiger partial charge is 0.383 e. The van der Waals surface area contributed by atoms with Crippen molar-refractivity contribution in [2.24, 2.45) is 5.41 Å². The molecule has 0 aromatic carbocycles. The van der Waals surface area contributed by atoms with E-state index in [1.807, 2.05) is 51.1 Å². The normalized spacial score (nSPS) is 19.0. The van der Waals surface area contributed by atoms with E-state index in [9.17, 15) is 0 Å². The van der Waals surface area contributed by atoms with Crippen molar-refractivity contribution in [2.75, 3.05) is 25.1 Å². The van der Waals surface area contributed by atoms with E-state index < -0.39 is 0 Å². The molecular weight excluding hydrogens is 430 g/mol. The molecule has 180 valence electrons. The van der Waals surface area contributed by atoms with E-state index in [1.165, 1.54) is 32.1 Å². The Bertz CT molecular complexity index is 856. The van der Waals surface area contributed by atoms with Crippen LogP contribution in [0.2, 0.25) is 0 Å². The van der Waals surface area contributed by atoms with Crippen molar-refractivity contribution in [3.05, 3.63) is 53.4 Å². The second kappa shape index (κ2) is 14.1. The van der Waals surface area contributed by atoms with Gasteiger partial charge in [0.15, 0.2) is 0 Å². The average molecular weight is 470 g/mol. The Morgan fingerprint density at radius 1 is 1.27 bits per heavy atom. The minimum Gasteiger partial charge on any atom is -0.383 e. The highest BCUT2D eigenvalue weighted by Gasteiger charge is 2.30. The molecule has 0 bridgehead atoms. The number of hydrogen-bond donors (Lipinski definition) is 2. The Balaban J connectivity index is 0.00000187. The first-order valence-electron chi connectivity index (χ1n) is 12.3. The van der Waals surface area contributed by atoms with Crippen LogP contribution in [0.5, 0.6) is 0 Å². The van der Waals surface area contributed by atoms with Crippen LogP contribution < -0.4 is 10.6 Å². The van der Waals surface area contributed by atoms with Crippen LogP contribution in [0.15, 0.2) is 47.7 Å². The number of rotatable bonds is 8. The highest BCUT2D eigenvalue weighted by molar-refractivity contribution is 6.36. The quantitative estimate of drug-likeness (QED) is 0.320. The molecule has 1 aliphatic heterocycles. The smallest absolute Gasteiger partial charge is 0.126 e. The molecule has 1 saturated carbocycles. The molecule has 0 atom stereocenters. The lowest BCUT2D eigenvalue weighted by molar-refractivity contribution is 0.0464. The summed E-state index contributed by atoms with van der Waals surface area (Å²) in [5.41, 5.74) is 2.35. The topological polar surface area (TPSA) is 46.2 Å². The molecule has 1 saturated heterocycles. The number of aromatic nitrogens is 1. The van der Waals surface area contributed by atoms with Crippen molar-refractivity contribution in [3.63, 3.8) is 0 Å². The predicted molar refractivity (Wildman–Crippen MR) is 142 cm³/mol. The third kappa shape index (κ3) is 8.25. The van der Waals surface area contributed by atoms with Crippen LogP contribution in [0, 0.1) is 17.8 Å². The van der Waals surface area contributed by atoms with Gasteiger partial charge < -0.3 is 15.4 Å². The fourth-order valence-corrected chi connectivity index (χ4v) is 4.37. The first-order chi connectivity index (χ1) is 16.0. The van der Waals surface area contributed by atoms with Crippen LogP contribution in [0.1, 0.15) is 71.4 Å². The summed E-state index contributed by atoms with van der Waals surface area (Å²) in [7, 11) is 0. The standard InChI is InChI=1S/C26H34ClN3O.C2H6/c1-4-23(27)22(18-20(3)29-21-10-7-6-8-11-21)24-12-9-13-25(30-24)28-19-26(5-2)14-16-31-17-15-26;1-2/h2,4,9,12-13,18,21,29H,3,6-8,10-11,14-17,19H2,1H3,(H,28,30);1-2H3/b22-18+,23-4+;. The fraction of sp³-hybridized carbons (Fsp3) is 0.536. The summed E-state index contributed by atoms with van der Waals surface area (Å²) >= 11 is 6.57. The van der Waals surface area contributed by atoms with E-state index in [2.05, 4.69) is 23.1 Å². The van der Waals surface area contributed by atoms with E-state index in [-0.39, 0.29) is 5.41 Å². The second-order valence-corrected chi connectivity index (χ2v) is 8.90. The number of halogens is 1. The lowest BCUT2D eigenvalue weighted by Crippen LogP contribution is -2.34. The van der Waals surface area contributed by atoms with Crippen LogP contribution in [0.25, 0.3) is 5.57 Å². The number of hydrogen-bond acceptors (Lipinski definition) is 4. The molecule has 2 heterocycles. The molecule has 3 rings (SSSR count). The molecule has 4 nitrogen and oxygen atoms in total. The monoisotopic (exact) mass is 469 g/mol. The Morgan fingerprint density at radius 3 is 2.61 bits per heavy atom. The average Bonchev–Trinajstić information content (AvgIpc) is 2.88. The van der Waals surface area contributed by atoms with E-state index >= 15 is 0 Å². The number of ether oxygens (including phenoxy) is 1. The summed E-state index contributed by atoms with van der Waals surface area (Å²) < 4.78 is 5.48. The summed E-state index contributed by atoms with van der Waals surface area (Å²) in [5, 5.41) is 7.65. The lowest BCUT2D eigenvalue weighted by Gasteiger charge is -2.32. The summed E-state index contributed by atoms with van der Waals surface area (Å²) in [6.07, 6.45) is 17.7. The summed E-state index contributed by atoms with van der Waals surface area (Å²) in [5.74, 6) is 3.77. The van der Waals surface area contributed by atoms with E-state index in [0.29, 0.717) is 30.8 Å². The molecule has 2 fully saturated rings. The van der Waals surface area contributed by atoms with E-state index in [1.54, 1.807) is 0 Å². The predicted octanol–water partition coefficient (Wildman–Crippen LogP) is 6.91. The zero-order valence-electron chi connectivity index (χ0n) is 20.6. The van der Waals surface area contributed by atoms with Crippen LogP contribution in [-0.4, -0.2) is 30.8 Å². The minimum absolute atomic E-state index is 0.187. The number of allylic oxidation sites excluding steroid dienone is 4. The lowest BCUT2D eigenvalue weighted by atomic mass is 9.81. The third-order valence-electron chi connectivity index (χ3n) is 6.21. The Kier molecular flexibility index (Phi) is 11.6. The molecule has 0 radical (unpaired) electrons. The highest BCUT2D eigenvalue weighted by atomic mass is 35.5. The van der Waals surface area contributed by atoms with Crippen molar-refractivity contribution in [3.8, 4) is 12.3 Å². The molecule has 0 spiro atoms. The molecule has 33 heavy (non-hydrogen) atoms. The minimum atomic E-state index is -0.187. The number of nitrogens with zero attached hydrogens (tertiary/aromatic N) is 1. The van der Waals surface area contributed by atoms with Gasteiger partial charge in [-0.2, -0.15) is 0 Å². The molecule has 1 aromatic heterocycles. The van der Waals surface area contributed by atoms with Crippen molar-refractivity contribution in [1.29, 1.82) is 0 Å². The SMILES string of the molecule is C#CC1(CNc2cccc(C(=C/C(=C)NC3CCCCC3)/C(Cl)=C\C)n2)CCOCC1.CC. The maximum absolute atomic E-state index is 6.57. The van der Waals surface area contributed by atoms with Crippen LogP contribution >= 0.6 is 11.6 Å². The van der Waals surface area contributed by atoms with Gasteiger partial charge >= 0.3 is 0 Å². The van der Waals surface area contributed by atoms with Gasteiger partial charge in [-0.15, -0.1) is 6.42 Å². The first kappa shape index (κ1) is 27.0. The zero-order chi connectivity index (χ0) is 24.1. The first-order valence-corrected chi connectivity index (χ1v) is 12.7. The van der Waals surface area contributed by atoms with Gasteiger partial charge in [0, 0.05) is 42.1 Å². The fourth-order valence-electron chi connectivity index (χ4n) is 4.22. The maximum Gasteiger partial charge on any atom is 0.126 e. The summed E-state index contributed by atoms with van der Waals surface area (Å²) in [6, 6.07) is 6.41. The van der Waals surface area contributed by atoms with Crippen LogP contribution in [-0.2, 0) is 4.74 Å². The van der Waals surface area contributed by atoms with Crippen molar-refractivity contribution in [2.45, 2.75) is 71.8 Å². The zero-order valence-corrected chi connectivity index (χ0v) is 21.3. The van der Waals surface area contributed by atoms with Gasteiger partial charge in [-0.25, -0.2) is 4.98 Å². The molecule has 1 aromatic rings. The van der Waals surface area contributed by atoms with E-state index in [0.717, 1.165) is 35.6 Å². The third-order valence-corrected chi connectivity index (χ3v) is 6.63. The number of nitrogens with one attached hydrogen (secondary N) is 2. The Hall–Kier alpha value is -2.22. The number of anilines is 1. The van der Waals surface area contributed by atoms with Gasteiger partial charge in [0.25, 0.3) is 0 Å². The Morgan fingerprint density at radius 2 is 1.97 bits per heavy atom. The number of pyridine rings is 1. The van der Waals surface area contributed by atoms with Gasteiger partial charge in [-0.1, -0.05) is 69.4 Å². The summed E-state index contributed by atoms with van der Waals surface area (Å²) in [6.45, 7) is 12.2. The van der Waals surface area contributed by atoms with Gasteiger partial charge in [0.1, 0.15) is 5.82 Å². The van der Waals surface area contributed by atoms with Gasteiger partial charge in [-0.05, 0) is 50.8 Å². The molecule has 0 amide bonds. The van der Waals surface area contributed by atoms with Crippen molar-refractivity contribution < 1.29 is 4.74 Å². The molecule has 2 aliphatic rings. The number of terminal acetylenes is 1. The molecule has 2 N–H and O–H groups in total. The van der Waals surface area contributed by atoms with Crippen LogP contribution in [0.4, 0.5) is 5.82 Å². The highest BCUT2D eigenvalue weighted by Crippen LogP contribution is 2.31. The molecule has 0 unspecified atom stereocenters. The molecular formula is C28H40ClN3O. The maximum atomic E-state index is 6.57. The molecule has 5 heteroatoms. The summed E-state index contributed by atoms with van der Waals surface area (Å²) in [4.78, 5) is 4.82. The molecule has 1 aliphatic carbocycles. The van der Waals surface area contributed by atoms with Crippen molar-refractivity contribution >= 4 is 23.0 Å². The van der Waals surface area contributed by atoms with E-state index in [4.69, 9.17) is 27.7 Å². The van der Waals surface area contributed by atoms with Gasteiger partial charge in [-0.3, -0.25) is 0 Å².